The number of rotatable bonds is 2. The van der Waals surface area contributed by atoms with Gasteiger partial charge in [-0.15, -0.1) is 0 Å². The molecule has 2 aliphatic heterocycles. The van der Waals surface area contributed by atoms with E-state index < -0.39 is 21.8 Å². The summed E-state index contributed by atoms with van der Waals surface area (Å²) < 4.78 is 27.3. The first kappa shape index (κ1) is 15.3. The van der Waals surface area contributed by atoms with E-state index >= 15 is 0 Å². The fraction of sp³-hybridized carbons (Fsp3) is 0.294. The summed E-state index contributed by atoms with van der Waals surface area (Å²) in [6.45, 7) is 1.00. The minimum absolute atomic E-state index is 0.105. The SMILES string of the molecule is O=C1NC(=O)c2cc(S(=O)(=O)N3CCCCC3)cc3cccc1c23. The van der Waals surface area contributed by atoms with Gasteiger partial charge in [0, 0.05) is 29.6 Å². The van der Waals surface area contributed by atoms with E-state index in [0.29, 0.717) is 29.4 Å². The first-order chi connectivity index (χ1) is 11.5. The number of carbonyl (C=O) groups excluding carboxylic acids is 2. The molecule has 0 saturated carbocycles. The average Bonchev–Trinajstić information content (AvgIpc) is 2.59. The van der Waals surface area contributed by atoms with Gasteiger partial charge in [0.1, 0.15) is 0 Å². The van der Waals surface area contributed by atoms with Crippen LogP contribution in [0.4, 0.5) is 0 Å². The second-order valence-corrected chi connectivity index (χ2v) is 8.06. The predicted molar refractivity (Wildman–Crippen MR) is 88.4 cm³/mol. The Kier molecular flexibility index (Phi) is 3.43. The molecule has 7 heteroatoms. The zero-order valence-corrected chi connectivity index (χ0v) is 13.7. The van der Waals surface area contributed by atoms with Crippen molar-refractivity contribution in [3.05, 3.63) is 41.5 Å². The predicted octanol–water partition coefficient (Wildman–Crippen LogP) is 1.90. The van der Waals surface area contributed by atoms with Crippen molar-refractivity contribution < 1.29 is 18.0 Å². The number of nitrogens with one attached hydrogen (secondary N) is 1. The molecule has 124 valence electrons. The first-order valence-corrected chi connectivity index (χ1v) is 9.35. The largest absolute Gasteiger partial charge is 0.288 e. The highest BCUT2D eigenvalue weighted by Gasteiger charge is 2.30. The molecule has 6 nitrogen and oxygen atoms in total. The molecule has 0 radical (unpaired) electrons. The molecule has 1 N–H and O–H groups in total. The summed E-state index contributed by atoms with van der Waals surface area (Å²) in [6.07, 6.45) is 2.72. The molecule has 2 aliphatic rings. The van der Waals surface area contributed by atoms with Gasteiger partial charge in [-0.2, -0.15) is 4.31 Å². The lowest BCUT2D eigenvalue weighted by Gasteiger charge is -2.26. The lowest BCUT2D eigenvalue weighted by Crippen LogP contribution is -2.37. The zero-order chi connectivity index (χ0) is 16.9. The van der Waals surface area contributed by atoms with Gasteiger partial charge in [-0.1, -0.05) is 18.6 Å². The molecule has 24 heavy (non-hydrogen) atoms. The minimum Gasteiger partial charge on any atom is -0.288 e. The zero-order valence-electron chi connectivity index (χ0n) is 12.9. The van der Waals surface area contributed by atoms with Gasteiger partial charge in [-0.25, -0.2) is 8.42 Å². The third-order valence-corrected chi connectivity index (χ3v) is 6.50. The van der Waals surface area contributed by atoms with Gasteiger partial charge in [-0.05, 0) is 36.4 Å². The standard InChI is InChI=1S/C17H16N2O4S/c20-16-13-6-4-5-11-9-12(10-14(15(11)13)17(21)18-16)24(22,23)19-7-2-1-3-8-19/h4-6,9-10H,1-3,7-8H2,(H,18,20,21). The van der Waals surface area contributed by atoms with Crippen molar-refractivity contribution in [1.82, 2.24) is 9.62 Å². The molecule has 0 atom stereocenters. The molecule has 0 unspecified atom stereocenters. The van der Waals surface area contributed by atoms with E-state index in [1.54, 1.807) is 24.3 Å². The second kappa shape index (κ2) is 5.39. The summed E-state index contributed by atoms with van der Waals surface area (Å²) in [5.41, 5.74) is 0.627. The van der Waals surface area contributed by atoms with Gasteiger partial charge in [0.05, 0.1) is 4.90 Å². The van der Waals surface area contributed by atoms with Crippen molar-refractivity contribution in [1.29, 1.82) is 0 Å². The van der Waals surface area contributed by atoms with E-state index in [0.717, 1.165) is 19.3 Å². The van der Waals surface area contributed by atoms with Crippen molar-refractivity contribution in [2.45, 2.75) is 24.2 Å². The van der Waals surface area contributed by atoms with Crippen LogP contribution in [0.5, 0.6) is 0 Å². The van der Waals surface area contributed by atoms with Gasteiger partial charge in [-0.3, -0.25) is 14.9 Å². The summed E-state index contributed by atoms with van der Waals surface area (Å²) in [5.74, 6) is -1.01. The van der Waals surface area contributed by atoms with Gasteiger partial charge in [0.2, 0.25) is 10.0 Å². The van der Waals surface area contributed by atoms with Crippen LogP contribution in [0.25, 0.3) is 10.8 Å². The highest BCUT2D eigenvalue weighted by molar-refractivity contribution is 7.89. The molecular formula is C17H16N2O4S. The molecule has 0 bridgehead atoms. The van der Waals surface area contributed by atoms with Gasteiger partial charge in [0.15, 0.2) is 0 Å². The Morgan fingerprint density at radius 1 is 0.917 bits per heavy atom. The highest BCUT2D eigenvalue weighted by atomic mass is 32.2. The van der Waals surface area contributed by atoms with E-state index in [1.165, 1.54) is 10.4 Å². The third-order valence-electron chi connectivity index (χ3n) is 4.62. The number of carbonyl (C=O) groups is 2. The summed E-state index contributed by atoms with van der Waals surface area (Å²) in [6, 6.07) is 7.99. The lowest BCUT2D eigenvalue weighted by atomic mass is 9.95. The Morgan fingerprint density at radius 2 is 1.62 bits per heavy atom. The third kappa shape index (κ3) is 2.23. The Hall–Kier alpha value is -2.25. The maximum Gasteiger partial charge on any atom is 0.258 e. The fourth-order valence-corrected chi connectivity index (χ4v) is 4.99. The van der Waals surface area contributed by atoms with Gasteiger partial charge in [0.25, 0.3) is 11.8 Å². The van der Waals surface area contributed by atoms with Gasteiger partial charge < -0.3 is 0 Å². The molecule has 2 amide bonds. The molecular weight excluding hydrogens is 328 g/mol. The monoisotopic (exact) mass is 344 g/mol. The summed E-state index contributed by atoms with van der Waals surface area (Å²) in [5, 5.41) is 3.37. The first-order valence-electron chi connectivity index (χ1n) is 7.91. The highest BCUT2D eigenvalue weighted by Crippen LogP contribution is 2.31. The van der Waals surface area contributed by atoms with Crippen LogP contribution >= 0.6 is 0 Å². The second-order valence-electron chi connectivity index (χ2n) is 6.12. The van der Waals surface area contributed by atoms with Crippen molar-refractivity contribution in [3.63, 3.8) is 0 Å². The van der Waals surface area contributed by atoms with Crippen LogP contribution in [0.1, 0.15) is 40.0 Å². The Morgan fingerprint density at radius 3 is 2.38 bits per heavy atom. The number of sulfonamides is 1. The molecule has 1 saturated heterocycles. The van der Waals surface area contributed by atoms with E-state index in [1.807, 2.05) is 0 Å². The maximum absolute atomic E-state index is 12.9. The molecule has 0 spiro atoms. The van der Waals surface area contributed by atoms with Crippen molar-refractivity contribution in [2.75, 3.05) is 13.1 Å². The molecule has 4 rings (SSSR count). The van der Waals surface area contributed by atoms with Crippen LogP contribution in [-0.4, -0.2) is 37.6 Å². The molecule has 2 aromatic rings. The van der Waals surface area contributed by atoms with Crippen LogP contribution in [0, 0.1) is 0 Å². The van der Waals surface area contributed by atoms with Crippen LogP contribution in [-0.2, 0) is 10.0 Å². The molecule has 0 aromatic heterocycles. The van der Waals surface area contributed by atoms with E-state index in [-0.39, 0.29) is 10.5 Å². The number of nitrogens with zero attached hydrogens (tertiary/aromatic N) is 1. The average molecular weight is 344 g/mol. The smallest absolute Gasteiger partial charge is 0.258 e. The van der Waals surface area contributed by atoms with E-state index in [4.69, 9.17) is 0 Å². The van der Waals surface area contributed by atoms with E-state index in [9.17, 15) is 18.0 Å². The van der Waals surface area contributed by atoms with Crippen molar-refractivity contribution >= 4 is 32.6 Å². The van der Waals surface area contributed by atoms with Crippen LogP contribution in [0.2, 0.25) is 0 Å². The number of hydrogen-bond donors (Lipinski definition) is 1. The molecule has 2 aromatic carbocycles. The summed E-state index contributed by atoms with van der Waals surface area (Å²) in [4.78, 5) is 24.3. The molecule has 2 heterocycles. The molecule has 1 fully saturated rings. The number of piperidine rings is 1. The topological polar surface area (TPSA) is 83.5 Å². The normalized spacial score (nSPS) is 18.7. The van der Waals surface area contributed by atoms with Gasteiger partial charge >= 0.3 is 0 Å². The Labute approximate surface area is 139 Å². The quantitative estimate of drug-likeness (QED) is 0.844. The van der Waals surface area contributed by atoms with Crippen molar-refractivity contribution in [2.24, 2.45) is 0 Å². The van der Waals surface area contributed by atoms with Crippen molar-refractivity contribution in [3.8, 4) is 0 Å². The Bertz CT molecular complexity index is 975. The lowest BCUT2D eigenvalue weighted by molar-refractivity contribution is 0.0845. The number of hydrogen-bond acceptors (Lipinski definition) is 4. The van der Waals surface area contributed by atoms with E-state index in [2.05, 4.69) is 5.32 Å². The van der Waals surface area contributed by atoms with Crippen LogP contribution in [0.3, 0.4) is 0 Å². The number of benzene rings is 2. The maximum atomic E-state index is 12.9. The number of amides is 2. The summed E-state index contributed by atoms with van der Waals surface area (Å²) >= 11 is 0. The fourth-order valence-electron chi connectivity index (χ4n) is 3.41. The molecule has 0 aliphatic carbocycles. The number of imide groups is 1. The summed E-state index contributed by atoms with van der Waals surface area (Å²) in [7, 11) is -3.64. The Balaban J connectivity index is 1.93. The van der Waals surface area contributed by atoms with Crippen LogP contribution < -0.4 is 5.32 Å². The minimum atomic E-state index is -3.64. The van der Waals surface area contributed by atoms with Crippen LogP contribution in [0.15, 0.2) is 35.2 Å².